The fraction of sp³-hybridized carbons (Fsp3) is 0.125. The van der Waals surface area contributed by atoms with Gasteiger partial charge in [-0.25, -0.2) is 8.42 Å². The number of Topliss-reactive ketones (excluding diaryl/α,β-unsaturated/α-hetero) is 1. The van der Waals surface area contributed by atoms with Gasteiger partial charge in [-0.3, -0.25) is 4.79 Å². The van der Waals surface area contributed by atoms with Crippen molar-refractivity contribution in [2.45, 2.75) is 0 Å². The van der Waals surface area contributed by atoms with E-state index >= 15 is 0 Å². The van der Waals surface area contributed by atoms with Crippen LogP contribution in [0.15, 0.2) is 30.3 Å². The number of ketones is 1. The molecule has 4 nitrogen and oxygen atoms in total. The van der Waals surface area contributed by atoms with Gasteiger partial charge in [0.2, 0.25) is 0 Å². The molecule has 0 radical (unpaired) electrons. The predicted molar refractivity (Wildman–Crippen MR) is 52.9 cm³/mol. The summed E-state index contributed by atoms with van der Waals surface area (Å²) in [5.41, 5.74) is 0.406. The molecule has 0 bridgehead atoms. The van der Waals surface area contributed by atoms with Crippen molar-refractivity contribution in [3.8, 4) is 0 Å². The van der Waals surface area contributed by atoms with Gasteiger partial charge in [0.25, 0.3) is 0 Å². The first kappa shape index (κ1) is 15.2. The number of rotatable bonds is 4. The number of carbonyl (C=O) groups excluding carboxylic acids is 1. The largest absolute Gasteiger partial charge is 1.00 e. The zero-order valence-corrected chi connectivity index (χ0v) is 11.7. The van der Waals surface area contributed by atoms with E-state index in [1.165, 1.54) is 0 Å². The van der Waals surface area contributed by atoms with Crippen molar-refractivity contribution >= 4 is 25.7 Å². The minimum absolute atomic E-state index is 0. The van der Waals surface area contributed by atoms with E-state index < -0.39 is 9.15 Å². The van der Waals surface area contributed by atoms with Crippen molar-refractivity contribution in [3.63, 3.8) is 0 Å². The molecule has 0 atom stereocenters. The topological polar surface area (TPSA) is 74.3 Å². The van der Waals surface area contributed by atoms with Crippen LogP contribution in [0.5, 0.6) is 0 Å². The van der Waals surface area contributed by atoms with Gasteiger partial charge in [0, 0.05) is 5.56 Å². The molecule has 0 aliphatic heterocycles. The summed E-state index contributed by atoms with van der Waals surface area (Å²) in [5, 5.41) is 0. The number of carbonyl (C=O) groups is 1. The van der Waals surface area contributed by atoms with Crippen LogP contribution in [0.4, 0.5) is 0 Å². The van der Waals surface area contributed by atoms with Crippen LogP contribution in [0, 0.1) is 0 Å². The van der Waals surface area contributed by atoms with Crippen LogP contribution in [0.25, 0.3) is 0 Å². The maximum Gasteiger partial charge on any atom is 1.00 e. The van der Waals surface area contributed by atoms with Crippen LogP contribution in [0.1, 0.15) is 10.4 Å². The van der Waals surface area contributed by atoms with Crippen molar-refractivity contribution in [3.05, 3.63) is 35.9 Å². The first-order valence-electron chi connectivity index (χ1n) is 3.67. The molecule has 0 aromatic heterocycles. The molecule has 1 rings (SSSR count). The van der Waals surface area contributed by atoms with E-state index in [4.69, 9.17) is 0 Å². The summed E-state index contributed by atoms with van der Waals surface area (Å²) in [7, 11) is -4.28. The van der Waals surface area contributed by atoms with Gasteiger partial charge in [-0.2, -0.15) is 0 Å². The Hall–Kier alpha value is 0.150. The third-order valence-electron chi connectivity index (χ3n) is 1.43. The van der Waals surface area contributed by atoms with Crippen LogP contribution in [-0.4, -0.2) is 24.5 Å². The average molecular weight is 254 g/mol. The SMILES string of the molecule is O=C(CSS(=O)(=O)[O-])c1ccccc1.[Na+]. The van der Waals surface area contributed by atoms with Gasteiger partial charge in [-0.15, -0.1) is 0 Å². The fourth-order valence-electron chi connectivity index (χ4n) is 0.833. The third-order valence-corrected chi connectivity index (χ3v) is 3.32. The molecule has 0 saturated carbocycles. The van der Waals surface area contributed by atoms with E-state index in [2.05, 4.69) is 0 Å². The summed E-state index contributed by atoms with van der Waals surface area (Å²) < 4.78 is 30.7. The molecule has 1 aromatic carbocycles. The monoisotopic (exact) mass is 254 g/mol. The first-order valence-corrected chi connectivity index (χ1v) is 6.58. The van der Waals surface area contributed by atoms with E-state index in [1.807, 2.05) is 0 Å². The zero-order chi connectivity index (χ0) is 10.6. The van der Waals surface area contributed by atoms with Crippen LogP contribution >= 0.6 is 10.8 Å². The average Bonchev–Trinajstić information content (AvgIpc) is 2.14. The summed E-state index contributed by atoms with van der Waals surface area (Å²) in [6.45, 7) is 0. The molecule has 0 aliphatic rings. The Morgan fingerprint density at radius 2 is 1.80 bits per heavy atom. The molecule has 15 heavy (non-hydrogen) atoms. The molecule has 0 unspecified atom stereocenters. The molecule has 0 N–H and O–H groups in total. The molecule has 0 saturated heterocycles. The normalized spacial score (nSPS) is 10.5. The van der Waals surface area contributed by atoms with Gasteiger partial charge in [0.1, 0.15) is 9.15 Å². The van der Waals surface area contributed by atoms with Gasteiger partial charge in [-0.05, 0) is 10.8 Å². The van der Waals surface area contributed by atoms with Gasteiger partial charge >= 0.3 is 29.6 Å². The van der Waals surface area contributed by atoms with Crippen molar-refractivity contribution in [2.24, 2.45) is 0 Å². The Labute approximate surface area is 114 Å². The van der Waals surface area contributed by atoms with Crippen LogP contribution < -0.4 is 29.6 Å². The summed E-state index contributed by atoms with van der Waals surface area (Å²) in [4.78, 5) is 11.3. The number of hydrogen-bond donors (Lipinski definition) is 0. The molecule has 0 fully saturated rings. The van der Waals surface area contributed by atoms with Crippen LogP contribution in [-0.2, 0) is 9.15 Å². The Bertz CT molecular complexity index is 416. The summed E-state index contributed by atoms with van der Waals surface area (Å²) in [5.74, 6) is -0.703. The predicted octanol–water partition coefficient (Wildman–Crippen LogP) is -1.93. The summed E-state index contributed by atoms with van der Waals surface area (Å²) >= 11 is 0. The van der Waals surface area contributed by atoms with Crippen molar-refractivity contribution in [1.82, 2.24) is 0 Å². The van der Waals surface area contributed by atoms with Crippen LogP contribution in [0.2, 0.25) is 0 Å². The van der Waals surface area contributed by atoms with E-state index in [-0.39, 0.29) is 51.9 Å². The molecule has 0 amide bonds. The van der Waals surface area contributed by atoms with Gasteiger partial charge in [0.05, 0.1) is 5.75 Å². The number of benzene rings is 1. The Balaban J connectivity index is 0.00000196. The molecule has 1 aromatic rings. The molecular formula is C8H7NaO4S2. The number of hydrogen-bond acceptors (Lipinski definition) is 5. The quantitative estimate of drug-likeness (QED) is 0.271. The van der Waals surface area contributed by atoms with Crippen LogP contribution in [0.3, 0.4) is 0 Å². The molecular weight excluding hydrogens is 247 g/mol. The minimum atomic E-state index is -4.38. The minimum Gasteiger partial charge on any atom is -0.739 e. The second-order valence-corrected chi connectivity index (χ2v) is 5.73. The van der Waals surface area contributed by atoms with Gasteiger partial charge < -0.3 is 4.55 Å². The van der Waals surface area contributed by atoms with E-state index in [0.29, 0.717) is 5.56 Å². The second kappa shape index (κ2) is 6.67. The molecule has 0 heterocycles. The molecule has 0 aliphatic carbocycles. The van der Waals surface area contributed by atoms with Gasteiger partial charge in [0.15, 0.2) is 5.78 Å². The third kappa shape index (κ3) is 6.34. The maximum absolute atomic E-state index is 11.3. The van der Waals surface area contributed by atoms with Crippen molar-refractivity contribution in [2.75, 3.05) is 5.75 Å². The summed E-state index contributed by atoms with van der Waals surface area (Å²) in [6, 6.07) is 8.22. The standard InChI is InChI=1S/C8H8O4S2.Na/c9-8(6-13-14(10,11)12)7-4-2-1-3-5-7;/h1-5H,6H2,(H,10,11,12);/q;+1/p-1. The second-order valence-electron chi connectivity index (χ2n) is 2.46. The zero-order valence-electron chi connectivity index (χ0n) is 8.04. The molecule has 76 valence electrons. The smallest absolute Gasteiger partial charge is 0.739 e. The van der Waals surface area contributed by atoms with E-state index in [1.54, 1.807) is 30.3 Å². The fourth-order valence-corrected chi connectivity index (χ4v) is 2.01. The maximum atomic E-state index is 11.3. The van der Waals surface area contributed by atoms with E-state index in [9.17, 15) is 17.8 Å². The van der Waals surface area contributed by atoms with Gasteiger partial charge in [-0.1, -0.05) is 30.3 Å². The Morgan fingerprint density at radius 1 is 1.27 bits per heavy atom. The molecule has 7 heteroatoms. The van der Waals surface area contributed by atoms with E-state index in [0.717, 1.165) is 0 Å². The van der Waals surface area contributed by atoms with Crippen molar-refractivity contribution < 1.29 is 47.3 Å². The Morgan fingerprint density at radius 3 is 2.27 bits per heavy atom. The van der Waals surface area contributed by atoms with Crippen molar-refractivity contribution in [1.29, 1.82) is 0 Å². The first-order chi connectivity index (χ1) is 6.49. The summed E-state index contributed by atoms with van der Waals surface area (Å²) in [6.07, 6.45) is 0. The Kier molecular flexibility index (Phi) is 6.74. The molecule has 0 spiro atoms.